The number of nitrogens with zero attached hydrogens (tertiary/aromatic N) is 1. The number of nitrogens with one attached hydrogen (secondary N) is 3. The number of amides is 3. The molecule has 14 nitrogen and oxygen atoms in total. The average Bonchev–Trinajstić information content (AvgIpc) is 3.56. The summed E-state index contributed by atoms with van der Waals surface area (Å²) >= 11 is -0.695. The summed E-state index contributed by atoms with van der Waals surface area (Å²) in [6.45, 7) is 11.4. The number of ether oxygens (including phenoxy) is 3. The Labute approximate surface area is 374 Å². The Bertz CT molecular complexity index is 2510. The molecule has 1 heterocycles. The number of hydrogen-bond acceptors (Lipinski definition) is 10. The van der Waals surface area contributed by atoms with E-state index in [1.807, 2.05) is 61.5 Å². The van der Waals surface area contributed by atoms with Crippen molar-refractivity contribution in [1.29, 1.82) is 0 Å². The van der Waals surface area contributed by atoms with Crippen LogP contribution in [0.2, 0.25) is 5.32 Å². The molecule has 0 fully saturated rings. The van der Waals surface area contributed by atoms with E-state index in [2.05, 4.69) is 16.0 Å². The number of benzene rings is 4. The zero-order chi connectivity index (χ0) is 46.0. The van der Waals surface area contributed by atoms with Crippen LogP contribution in [-0.2, 0) is 50.0 Å². The van der Waals surface area contributed by atoms with Gasteiger partial charge in [-0.2, -0.15) is 0 Å². The summed E-state index contributed by atoms with van der Waals surface area (Å²) < 4.78 is 47.4. The Hall–Kier alpha value is -5.96. The van der Waals surface area contributed by atoms with Gasteiger partial charge in [-0.05, 0) is 0 Å². The first-order valence-electron chi connectivity index (χ1n) is 20.3. The predicted octanol–water partition coefficient (Wildman–Crippen LogP) is 5.96. The van der Waals surface area contributed by atoms with Crippen molar-refractivity contribution in [2.45, 2.75) is 101 Å². The minimum absolute atomic E-state index is 0.00715. The molecule has 0 aliphatic rings. The molecule has 0 saturated carbocycles. The van der Waals surface area contributed by atoms with E-state index in [9.17, 15) is 32.4 Å². The molecule has 0 bridgehead atoms. The summed E-state index contributed by atoms with van der Waals surface area (Å²) in [5, 5.41) is 8.53. The molecule has 5 aromatic rings. The van der Waals surface area contributed by atoms with Gasteiger partial charge in [0, 0.05) is 0 Å². The molecule has 63 heavy (non-hydrogen) atoms. The predicted molar refractivity (Wildman–Crippen MR) is 241 cm³/mol. The molecule has 334 valence electrons. The number of carbonyl (C=O) groups is 5. The Kier molecular flexibility index (Phi) is 16.0. The van der Waals surface area contributed by atoms with E-state index in [4.69, 9.17) is 14.2 Å². The monoisotopic (exact) mass is 946 g/mol. The molecular formula is C47H54N4O10SSe. The van der Waals surface area contributed by atoms with Crippen molar-refractivity contribution in [3.05, 3.63) is 120 Å². The standard InChI is InChI=1S/C47H54N4O10SSe/c1-31-22-24-34(25-23-31)62(57,58)51-38-21-15-14-20-35(38)42(41(51)33-18-12-9-13-19-33)63-30-37(43(54)48-28-40(53)59-29-32-16-10-8-11-17-32)49-39(52)27-26-36(44(55)60-46(2,3)4)50-45(56)61-47(5,6)7/h8-25,36-37H,26-30H2,1-7H3,(H,48,54)(H,49,52)(H,50,56)/t36-,37-/m0/s1. The van der Waals surface area contributed by atoms with Crippen LogP contribution >= 0.6 is 0 Å². The Morgan fingerprint density at radius 2 is 1.33 bits per heavy atom. The van der Waals surface area contributed by atoms with Crippen molar-refractivity contribution in [2.75, 3.05) is 6.54 Å². The summed E-state index contributed by atoms with van der Waals surface area (Å²) in [6.07, 6.45) is -1.40. The molecule has 2 atom stereocenters. The second kappa shape index (κ2) is 20.9. The van der Waals surface area contributed by atoms with Gasteiger partial charge in [0.05, 0.1) is 0 Å². The summed E-state index contributed by atoms with van der Waals surface area (Å²) in [5.74, 6) is -2.80. The van der Waals surface area contributed by atoms with E-state index in [0.29, 0.717) is 26.6 Å². The van der Waals surface area contributed by atoms with Crippen LogP contribution in [-0.4, -0.2) is 87.0 Å². The fourth-order valence-corrected chi connectivity index (χ4v) is 10.6. The zero-order valence-corrected chi connectivity index (χ0v) is 39.0. The zero-order valence-electron chi connectivity index (χ0n) is 36.4. The third kappa shape index (κ3) is 13.8. The van der Waals surface area contributed by atoms with E-state index < -0.39 is 84.7 Å². The van der Waals surface area contributed by atoms with Crippen LogP contribution in [0.15, 0.2) is 114 Å². The number of hydrogen-bond donors (Lipinski definition) is 3. The van der Waals surface area contributed by atoms with Crippen LogP contribution in [0.25, 0.3) is 22.2 Å². The Morgan fingerprint density at radius 1 is 0.730 bits per heavy atom. The van der Waals surface area contributed by atoms with Crippen molar-refractivity contribution in [1.82, 2.24) is 19.9 Å². The maximum absolute atomic E-state index is 14.6. The number of esters is 2. The summed E-state index contributed by atoms with van der Waals surface area (Å²) in [7, 11) is -4.16. The normalized spacial score (nSPS) is 12.7. The SMILES string of the molecule is Cc1ccc(S(=O)(=O)n2c(-c3ccccc3)c([Se]C[C@H](NC(=O)CC[C@H](NC(=O)OC(C)(C)C)C(=O)OC(C)(C)C)C(=O)NCC(=O)OCc3ccccc3)c3ccccc32)cc1. The number of fused-ring (bicyclic) bond motifs is 1. The van der Waals surface area contributed by atoms with Gasteiger partial charge in [-0.15, -0.1) is 0 Å². The van der Waals surface area contributed by atoms with Gasteiger partial charge in [-0.25, -0.2) is 0 Å². The number of alkyl carbamates (subject to hydrolysis) is 1. The molecule has 3 amide bonds. The first-order valence-corrected chi connectivity index (χ1v) is 23.9. The second-order valence-electron chi connectivity index (χ2n) is 16.7. The molecule has 0 radical (unpaired) electrons. The number of rotatable bonds is 17. The van der Waals surface area contributed by atoms with Gasteiger partial charge in [-0.1, -0.05) is 0 Å². The second-order valence-corrected chi connectivity index (χ2v) is 20.7. The topological polar surface area (TPSA) is 188 Å². The van der Waals surface area contributed by atoms with Crippen molar-refractivity contribution in [3.63, 3.8) is 0 Å². The summed E-state index contributed by atoms with van der Waals surface area (Å²) in [4.78, 5) is 66.6. The molecule has 16 heteroatoms. The molecule has 4 aromatic carbocycles. The quantitative estimate of drug-likeness (QED) is 0.0570. The fraction of sp³-hybridized carbons (Fsp3) is 0.340. The van der Waals surface area contributed by atoms with Gasteiger partial charge in [0.2, 0.25) is 0 Å². The number of carbonyl (C=O) groups excluding carboxylic acids is 5. The van der Waals surface area contributed by atoms with Gasteiger partial charge in [0.1, 0.15) is 0 Å². The van der Waals surface area contributed by atoms with Gasteiger partial charge < -0.3 is 0 Å². The van der Waals surface area contributed by atoms with Crippen molar-refractivity contribution < 1.29 is 46.6 Å². The van der Waals surface area contributed by atoms with Crippen molar-refractivity contribution in [3.8, 4) is 11.3 Å². The van der Waals surface area contributed by atoms with Crippen LogP contribution in [0.3, 0.4) is 0 Å². The van der Waals surface area contributed by atoms with Crippen molar-refractivity contribution >= 4 is 70.2 Å². The van der Waals surface area contributed by atoms with Gasteiger partial charge in [-0.3, -0.25) is 0 Å². The molecule has 5 rings (SSSR count). The molecule has 3 N–H and O–H groups in total. The number of aromatic nitrogens is 1. The minimum atomic E-state index is -4.16. The first-order chi connectivity index (χ1) is 29.7. The van der Waals surface area contributed by atoms with E-state index >= 15 is 0 Å². The van der Waals surface area contributed by atoms with E-state index in [1.165, 1.54) is 3.97 Å². The van der Waals surface area contributed by atoms with Gasteiger partial charge >= 0.3 is 376 Å². The van der Waals surface area contributed by atoms with Crippen LogP contribution in [0.5, 0.6) is 0 Å². The average molecular weight is 946 g/mol. The van der Waals surface area contributed by atoms with Crippen molar-refractivity contribution in [2.24, 2.45) is 0 Å². The molecular weight excluding hydrogens is 892 g/mol. The summed E-state index contributed by atoms with van der Waals surface area (Å²) in [6, 6.07) is 29.3. The van der Waals surface area contributed by atoms with Crippen LogP contribution < -0.4 is 20.4 Å². The summed E-state index contributed by atoms with van der Waals surface area (Å²) in [5.41, 5.74) is 1.36. The molecule has 0 aliphatic carbocycles. The van der Waals surface area contributed by atoms with E-state index in [0.717, 1.165) is 11.1 Å². The fourth-order valence-electron chi connectivity index (χ4n) is 6.27. The first kappa shape index (κ1) is 48.1. The molecule has 0 saturated heterocycles. The third-order valence-electron chi connectivity index (χ3n) is 9.13. The van der Waals surface area contributed by atoms with E-state index in [1.54, 1.807) is 96.1 Å². The van der Waals surface area contributed by atoms with Gasteiger partial charge in [0.25, 0.3) is 0 Å². The third-order valence-corrected chi connectivity index (χ3v) is 13.4. The molecule has 0 aliphatic heterocycles. The van der Waals surface area contributed by atoms with E-state index in [-0.39, 0.29) is 29.7 Å². The maximum atomic E-state index is 14.6. The van der Waals surface area contributed by atoms with Crippen LogP contribution in [0.1, 0.15) is 65.5 Å². The number of para-hydroxylation sites is 1. The van der Waals surface area contributed by atoms with Crippen LogP contribution in [0, 0.1) is 6.92 Å². The van der Waals surface area contributed by atoms with Gasteiger partial charge in [0.15, 0.2) is 0 Å². The Morgan fingerprint density at radius 3 is 1.97 bits per heavy atom. The molecule has 1 aromatic heterocycles. The number of aryl methyl sites for hydroxylation is 1. The molecule has 0 spiro atoms. The molecule has 0 unspecified atom stereocenters. The Balaban J connectivity index is 1.45. The van der Waals surface area contributed by atoms with Crippen LogP contribution in [0.4, 0.5) is 4.79 Å².